The Morgan fingerprint density at radius 2 is 1.65 bits per heavy atom. The highest BCUT2D eigenvalue weighted by Crippen LogP contribution is 2.24. The molecule has 5 nitrogen and oxygen atoms in total. The van der Waals surface area contributed by atoms with Crippen molar-refractivity contribution in [1.29, 1.82) is 0 Å². The van der Waals surface area contributed by atoms with Crippen LogP contribution in [0.2, 0.25) is 0 Å². The largest absolute Gasteiger partial charge is 0.339 e. The summed E-state index contributed by atoms with van der Waals surface area (Å²) < 4.78 is 0. The number of aromatic nitrogens is 3. The van der Waals surface area contributed by atoms with Crippen LogP contribution in [0.25, 0.3) is 0 Å². The molecular weight excluding hydrogens is 322 g/mol. The SMILES string of the molecule is CN(Cc1ccccc1)c1nncc(Nc2ccc(C(C)(C)C)cc2)n1. The third-order valence-corrected chi connectivity index (χ3v) is 4.17. The first kappa shape index (κ1) is 17.9. The van der Waals surface area contributed by atoms with Crippen molar-refractivity contribution in [2.24, 2.45) is 0 Å². The maximum atomic E-state index is 4.58. The Morgan fingerprint density at radius 1 is 0.962 bits per heavy atom. The monoisotopic (exact) mass is 347 g/mol. The number of anilines is 3. The Morgan fingerprint density at radius 3 is 2.31 bits per heavy atom. The van der Waals surface area contributed by atoms with E-state index in [1.807, 2.05) is 30.1 Å². The molecule has 2 aromatic carbocycles. The van der Waals surface area contributed by atoms with Gasteiger partial charge in [0.05, 0.1) is 6.20 Å². The molecule has 134 valence electrons. The standard InChI is InChI=1S/C21H25N5/c1-21(2,3)17-10-12-18(13-11-17)23-19-14-22-25-20(24-19)26(4)15-16-8-6-5-7-9-16/h5-14H,15H2,1-4H3,(H,23,24,25). The fraction of sp³-hybridized carbons (Fsp3) is 0.286. The third-order valence-electron chi connectivity index (χ3n) is 4.17. The lowest BCUT2D eigenvalue weighted by molar-refractivity contribution is 0.590. The van der Waals surface area contributed by atoms with Crippen molar-refractivity contribution < 1.29 is 0 Å². The van der Waals surface area contributed by atoms with Gasteiger partial charge in [0.1, 0.15) is 0 Å². The average molecular weight is 347 g/mol. The van der Waals surface area contributed by atoms with Crippen LogP contribution in [0.1, 0.15) is 31.9 Å². The van der Waals surface area contributed by atoms with E-state index in [0.717, 1.165) is 12.2 Å². The molecule has 26 heavy (non-hydrogen) atoms. The molecule has 0 saturated heterocycles. The van der Waals surface area contributed by atoms with Gasteiger partial charge in [0, 0.05) is 19.3 Å². The molecule has 5 heteroatoms. The minimum atomic E-state index is 0.141. The van der Waals surface area contributed by atoms with Crippen LogP contribution in [0.15, 0.2) is 60.8 Å². The molecule has 0 amide bonds. The summed E-state index contributed by atoms with van der Waals surface area (Å²) in [6.07, 6.45) is 1.64. The summed E-state index contributed by atoms with van der Waals surface area (Å²) in [6, 6.07) is 18.6. The van der Waals surface area contributed by atoms with E-state index in [9.17, 15) is 0 Å². The minimum Gasteiger partial charge on any atom is -0.339 e. The van der Waals surface area contributed by atoms with Crippen LogP contribution in [-0.4, -0.2) is 22.2 Å². The smallest absolute Gasteiger partial charge is 0.247 e. The lowest BCUT2D eigenvalue weighted by atomic mass is 9.87. The van der Waals surface area contributed by atoms with Gasteiger partial charge in [-0.05, 0) is 28.7 Å². The molecule has 0 aliphatic heterocycles. The molecule has 0 aliphatic carbocycles. The van der Waals surface area contributed by atoms with E-state index in [1.54, 1.807) is 6.20 Å². The number of rotatable bonds is 5. The maximum Gasteiger partial charge on any atom is 0.247 e. The first-order valence-corrected chi connectivity index (χ1v) is 8.74. The Kier molecular flexibility index (Phi) is 5.16. The summed E-state index contributed by atoms with van der Waals surface area (Å²) in [5.41, 5.74) is 3.62. The molecule has 3 rings (SSSR count). The Balaban J connectivity index is 1.71. The van der Waals surface area contributed by atoms with Crippen molar-refractivity contribution in [2.45, 2.75) is 32.7 Å². The molecule has 0 bridgehead atoms. The molecule has 0 spiro atoms. The highest BCUT2D eigenvalue weighted by Gasteiger charge is 2.13. The predicted octanol–water partition coefficient (Wildman–Crippen LogP) is 4.55. The Bertz CT molecular complexity index is 838. The van der Waals surface area contributed by atoms with E-state index < -0.39 is 0 Å². The van der Waals surface area contributed by atoms with Gasteiger partial charge in [0.2, 0.25) is 5.95 Å². The second kappa shape index (κ2) is 7.52. The molecule has 0 radical (unpaired) electrons. The average Bonchev–Trinajstić information content (AvgIpc) is 2.62. The molecule has 0 saturated carbocycles. The van der Waals surface area contributed by atoms with Crippen LogP contribution >= 0.6 is 0 Å². The van der Waals surface area contributed by atoms with E-state index in [1.165, 1.54) is 11.1 Å². The zero-order valence-electron chi connectivity index (χ0n) is 15.8. The fourth-order valence-electron chi connectivity index (χ4n) is 2.65. The molecule has 1 N–H and O–H groups in total. The topological polar surface area (TPSA) is 53.9 Å². The van der Waals surface area contributed by atoms with Crippen molar-refractivity contribution in [1.82, 2.24) is 15.2 Å². The highest BCUT2D eigenvalue weighted by molar-refractivity contribution is 5.57. The second-order valence-corrected chi connectivity index (χ2v) is 7.44. The summed E-state index contributed by atoms with van der Waals surface area (Å²) in [6.45, 7) is 7.35. The molecule has 0 atom stereocenters. The normalized spacial score (nSPS) is 11.2. The first-order valence-electron chi connectivity index (χ1n) is 8.74. The molecule has 0 unspecified atom stereocenters. The molecule has 0 fully saturated rings. The van der Waals surface area contributed by atoms with Gasteiger partial charge in [0.15, 0.2) is 5.82 Å². The fourth-order valence-corrected chi connectivity index (χ4v) is 2.65. The summed E-state index contributed by atoms with van der Waals surface area (Å²) >= 11 is 0. The predicted molar refractivity (Wildman–Crippen MR) is 107 cm³/mol. The van der Waals surface area contributed by atoms with Crippen molar-refractivity contribution in [3.05, 3.63) is 71.9 Å². The summed E-state index contributed by atoms with van der Waals surface area (Å²) in [5.74, 6) is 1.27. The zero-order chi connectivity index (χ0) is 18.6. The molecular formula is C21H25N5. The molecule has 1 aromatic heterocycles. The van der Waals surface area contributed by atoms with Gasteiger partial charge >= 0.3 is 0 Å². The van der Waals surface area contributed by atoms with E-state index in [4.69, 9.17) is 0 Å². The van der Waals surface area contributed by atoms with Gasteiger partial charge in [-0.15, -0.1) is 5.10 Å². The van der Waals surface area contributed by atoms with Crippen LogP contribution in [0.4, 0.5) is 17.5 Å². The van der Waals surface area contributed by atoms with Crippen molar-refractivity contribution in [3.63, 3.8) is 0 Å². The first-order chi connectivity index (χ1) is 12.4. The van der Waals surface area contributed by atoms with Crippen LogP contribution in [-0.2, 0) is 12.0 Å². The van der Waals surface area contributed by atoms with Crippen molar-refractivity contribution in [2.75, 3.05) is 17.3 Å². The number of hydrogen-bond acceptors (Lipinski definition) is 5. The van der Waals surface area contributed by atoms with Crippen molar-refractivity contribution >= 4 is 17.5 Å². The van der Waals surface area contributed by atoms with Crippen LogP contribution < -0.4 is 10.2 Å². The molecule has 0 aliphatic rings. The van der Waals surface area contributed by atoms with Gasteiger partial charge < -0.3 is 10.2 Å². The van der Waals surface area contributed by atoms with Crippen molar-refractivity contribution in [3.8, 4) is 0 Å². The quantitative estimate of drug-likeness (QED) is 0.734. The van der Waals surface area contributed by atoms with Gasteiger partial charge in [-0.1, -0.05) is 63.2 Å². The molecule has 3 aromatic rings. The third kappa shape index (κ3) is 4.57. The minimum absolute atomic E-state index is 0.141. The van der Waals surface area contributed by atoms with Crippen LogP contribution in [0.5, 0.6) is 0 Å². The number of nitrogens with one attached hydrogen (secondary N) is 1. The summed E-state index contributed by atoms with van der Waals surface area (Å²) in [4.78, 5) is 6.56. The second-order valence-electron chi connectivity index (χ2n) is 7.44. The van der Waals surface area contributed by atoms with Gasteiger partial charge in [-0.3, -0.25) is 0 Å². The number of benzene rings is 2. The van der Waals surface area contributed by atoms with E-state index in [-0.39, 0.29) is 5.41 Å². The number of hydrogen-bond donors (Lipinski definition) is 1. The zero-order valence-corrected chi connectivity index (χ0v) is 15.8. The van der Waals surface area contributed by atoms with Gasteiger partial charge in [-0.25, -0.2) is 0 Å². The van der Waals surface area contributed by atoms with Gasteiger partial charge in [-0.2, -0.15) is 10.1 Å². The lowest BCUT2D eigenvalue weighted by Crippen LogP contribution is -2.20. The van der Waals surface area contributed by atoms with Crippen LogP contribution in [0.3, 0.4) is 0 Å². The van der Waals surface area contributed by atoms with Gasteiger partial charge in [0.25, 0.3) is 0 Å². The maximum absolute atomic E-state index is 4.58. The molecule has 1 heterocycles. The Labute approximate surface area is 155 Å². The van der Waals surface area contributed by atoms with E-state index in [2.05, 4.69) is 77.7 Å². The van der Waals surface area contributed by atoms with Crippen LogP contribution in [0, 0.1) is 0 Å². The summed E-state index contributed by atoms with van der Waals surface area (Å²) in [7, 11) is 1.96. The van der Waals surface area contributed by atoms with E-state index >= 15 is 0 Å². The Hall–Kier alpha value is -2.95. The van der Waals surface area contributed by atoms with E-state index in [0.29, 0.717) is 11.8 Å². The lowest BCUT2D eigenvalue weighted by Gasteiger charge is -2.19. The highest BCUT2D eigenvalue weighted by atomic mass is 15.3. The number of nitrogens with zero attached hydrogens (tertiary/aromatic N) is 4. The summed E-state index contributed by atoms with van der Waals surface area (Å²) in [5, 5.41) is 11.5.